The zero-order valence-electron chi connectivity index (χ0n) is 17.9. The number of carbonyl (C=O) groups is 1. The lowest BCUT2D eigenvalue weighted by Crippen LogP contribution is -2.17. The molecule has 0 amide bonds. The fraction of sp³-hybridized carbons (Fsp3) is 0.148. The molecule has 1 aromatic heterocycles. The maximum atomic E-state index is 13.7. The van der Waals surface area contributed by atoms with Gasteiger partial charge in [0, 0.05) is 34.0 Å². The molecule has 0 atom stereocenters. The summed E-state index contributed by atoms with van der Waals surface area (Å²) in [4.78, 5) is 13.7. The number of ether oxygens (including phenoxy) is 2. The zero-order valence-corrected chi connectivity index (χ0v) is 18.6. The van der Waals surface area contributed by atoms with Crippen LogP contribution in [-0.4, -0.2) is 24.6 Å². The van der Waals surface area contributed by atoms with E-state index in [0.29, 0.717) is 34.3 Å². The Labute approximate surface area is 192 Å². The first-order valence-electron chi connectivity index (χ1n) is 10.4. The average Bonchev–Trinajstić information content (AvgIpc) is 3.23. The van der Waals surface area contributed by atoms with Gasteiger partial charge in [0.1, 0.15) is 0 Å². The summed E-state index contributed by atoms with van der Waals surface area (Å²) >= 11 is 6.05. The fourth-order valence-electron chi connectivity index (χ4n) is 4.42. The van der Waals surface area contributed by atoms with Gasteiger partial charge in [-0.2, -0.15) is 0 Å². The third-order valence-corrected chi connectivity index (χ3v) is 6.25. The van der Waals surface area contributed by atoms with Crippen LogP contribution in [-0.2, 0) is 13.0 Å². The highest BCUT2D eigenvalue weighted by Gasteiger charge is 2.28. The predicted octanol–water partition coefficient (Wildman–Crippen LogP) is 6.28. The van der Waals surface area contributed by atoms with Gasteiger partial charge in [-0.05, 0) is 60.0 Å². The molecule has 0 radical (unpaired) electrons. The van der Waals surface area contributed by atoms with Crippen molar-refractivity contribution in [3.05, 3.63) is 94.6 Å². The van der Waals surface area contributed by atoms with E-state index in [9.17, 15) is 4.79 Å². The number of hydrogen-bond donors (Lipinski definition) is 0. The number of fused-ring (bicyclic) bond motifs is 3. The maximum absolute atomic E-state index is 13.7. The second-order valence-corrected chi connectivity index (χ2v) is 8.20. The van der Waals surface area contributed by atoms with Gasteiger partial charge in [0.25, 0.3) is 0 Å². The molecule has 0 saturated heterocycles. The number of aryl methyl sites for hydroxylation is 1. The number of hydrogen-bond acceptors (Lipinski definition) is 3. The summed E-state index contributed by atoms with van der Waals surface area (Å²) in [7, 11) is 3.28. The van der Waals surface area contributed by atoms with Crippen LogP contribution in [0.3, 0.4) is 0 Å². The van der Waals surface area contributed by atoms with Crippen LogP contribution in [0.1, 0.15) is 21.6 Å². The van der Waals surface area contributed by atoms with Crippen molar-refractivity contribution in [2.75, 3.05) is 14.2 Å². The van der Waals surface area contributed by atoms with Gasteiger partial charge in [-0.15, -0.1) is 0 Å². The van der Waals surface area contributed by atoms with Crippen LogP contribution >= 0.6 is 11.6 Å². The van der Waals surface area contributed by atoms with Crippen LogP contribution in [0.2, 0.25) is 5.02 Å². The van der Waals surface area contributed by atoms with Crippen LogP contribution in [0.4, 0.5) is 0 Å². The standard InChI is InChI=1S/C27H22ClNO3/c1-31-24-14-19-12-13-29-23(21(19)16-25(24)32-2)15-22(17-6-4-3-5-7-17)26(29)27(30)18-8-10-20(28)11-9-18/h3-11,14-16H,12-13H2,1-2H3. The number of carbonyl (C=O) groups excluding carboxylic acids is 1. The smallest absolute Gasteiger partial charge is 0.210 e. The lowest BCUT2D eigenvalue weighted by molar-refractivity contribution is 0.103. The van der Waals surface area contributed by atoms with Crippen LogP contribution in [0.15, 0.2) is 72.8 Å². The van der Waals surface area contributed by atoms with Gasteiger partial charge in [0.2, 0.25) is 5.78 Å². The van der Waals surface area contributed by atoms with Gasteiger partial charge in [0.05, 0.1) is 19.9 Å². The van der Waals surface area contributed by atoms with Crippen LogP contribution < -0.4 is 9.47 Å². The number of aromatic nitrogens is 1. The Bertz CT molecular complexity index is 1310. The Balaban J connectivity index is 1.74. The lowest BCUT2D eigenvalue weighted by Gasteiger charge is -2.23. The van der Waals surface area contributed by atoms with Crippen molar-refractivity contribution in [1.82, 2.24) is 4.57 Å². The quantitative estimate of drug-likeness (QED) is 0.341. The van der Waals surface area contributed by atoms with Gasteiger partial charge in [-0.25, -0.2) is 0 Å². The molecular formula is C27H22ClNO3. The largest absolute Gasteiger partial charge is 0.493 e. The highest BCUT2D eigenvalue weighted by Crippen LogP contribution is 2.42. The molecule has 0 bridgehead atoms. The van der Waals surface area contributed by atoms with E-state index in [0.717, 1.165) is 28.8 Å². The van der Waals surface area contributed by atoms with E-state index >= 15 is 0 Å². The van der Waals surface area contributed by atoms with E-state index in [1.54, 1.807) is 38.5 Å². The van der Waals surface area contributed by atoms with Gasteiger partial charge in [-0.3, -0.25) is 4.79 Å². The molecule has 0 spiro atoms. The molecule has 0 aliphatic carbocycles. The molecule has 0 saturated carbocycles. The van der Waals surface area contributed by atoms with Crippen molar-refractivity contribution < 1.29 is 14.3 Å². The normalized spacial score (nSPS) is 12.1. The molecule has 2 heterocycles. The van der Waals surface area contributed by atoms with E-state index in [4.69, 9.17) is 21.1 Å². The molecule has 5 heteroatoms. The Morgan fingerprint density at radius 3 is 2.25 bits per heavy atom. The van der Waals surface area contributed by atoms with E-state index < -0.39 is 0 Å². The molecule has 3 aromatic carbocycles. The molecule has 32 heavy (non-hydrogen) atoms. The van der Waals surface area contributed by atoms with Crippen molar-refractivity contribution in [2.45, 2.75) is 13.0 Å². The molecule has 0 N–H and O–H groups in total. The topological polar surface area (TPSA) is 40.5 Å². The molecular weight excluding hydrogens is 422 g/mol. The summed E-state index contributed by atoms with van der Waals surface area (Å²) in [5, 5.41) is 0.608. The number of benzene rings is 3. The summed E-state index contributed by atoms with van der Waals surface area (Å²) in [5.41, 5.74) is 6.47. The van der Waals surface area contributed by atoms with E-state index in [1.165, 1.54) is 5.56 Å². The van der Waals surface area contributed by atoms with Gasteiger partial charge in [0.15, 0.2) is 11.5 Å². The van der Waals surface area contributed by atoms with Gasteiger partial charge < -0.3 is 14.0 Å². The van der Waals surface area contributed by atoms with Crippen molar-refractivity contribution in [3.8, 4) is 33.9 Å². The molecule has 0 unspecified atom stereocenters. The third-order valence-electron chi connectivity index (χ3n) is 5.99. The zero-order chi connectivity index (χ0) is 22.2. The number of nitrogens with zero attached hydrogens (tertiary/aromatic N) is 1. The monoisotopic (exact) mass is 443 g/mol. The minimum absolute atomic E-state index is 0.0179. The molecule has 1 aliphatic rings. The van der Waals surface area contributed by atoms with Gasteiger partial charge in [-0.1, -0.05) is 41.9 Å². The maximum Gasteiger partial charge on any atom is 0.210 e. The predicted molar refractivity (Wildman–Crippen MR) is 127 cm³/mol. The molecule has 1 aliphatic heterocycles. The van der Waals surface area contributed by atoms with Crippen molar-refractivity contribution >= 4 is 17.4 Å². The Morgan fingerprint density at radius 2 is 1.56 bits per heavy atom. The van der Waals surface area contributed by atoms with Crippen LogP contribution in [0.5, 0.6) is 11.5 Å². The van der Waals surface area contributed by atoms with Crippen LogP contribution in [0.25, 0.3) is 22.4 Å². The first-order chi connectivity index (χ1) is 15.6. The second-order valence-electron chi connectivity index (χ2n) is 7.76. The van der Waals surface area contributed by atoms with Gasteiger partial charge >= 0.3 is 0 Å². The summed E-state index contributed by atoms with van der Waals surface area (Å²) in [6, 6.07) is 23.3. The summed E-state index contributed by atoms with van der Waals surface area (Å²) in [5.74, 6) is 1.37. The number of methoxy groups -OCH3 is 2. The van der Waals surface area contributed by atoms with Crippen molar-refractivity contribution in [1.29, 1.82) is 0 Å². The lowest BCUT2D eigenvalue weighted by atomic mass is 9.97. The highest BCUT2D eigenvalue weighted by atomic mass is 35.5. The van der Waals surface area contributed by atoms with E-state index in [2.05, 4.69) is 10.6 Å². The van der Waals surface area contributed by atoms with E-state index in [1.807, 2.05) is 42.5 Å². The van der Waals surface area contributed by atoms with Crippen molar-refractivity contribution in [3.63, 3.8) is 0 Å². The Kier molecular flexibility index (Phi) is 5.24. The molecule has 4 nitrogen and oxygen atoms in total. The van der Waals surface area contributed by atoms with Crippen molar-refractivity contribution in [2.24, 2.45) is 0 Å². The molecule has 5 rings (SSSR count). The SMILES string of the molecule is COc1cc2c(cc1OC)-c1cc(-c3ccccc3)c(C(=O)c3ccc(Cl)cc3)n1CC2. The van der Waals surface area contributed by atoms with Crippen LogP contribution in [0, 0.1) is 0 Å². The molecule has 160 valence electrons. The number of rotatable bonds is 5. The summed E-state index contributed by atoms with van der Waals surface area (Å²) < 4.78 is 13.2. The average molecular weight is 444 g/mol. The number of ketones is 1. The third kappa shape index (κ3) is 3.37. The molecule has 4 aromatic rings. The van der Waals surface area contributed by atoms with E-state index in [-0.39, 0.29) is 5.78 Å². The second kappa shape index (κ2) is 8.21. The minimum atomic E-state index is -0.0179. The minimum Gasteiger partial charge on any atom is -0.493 e. The summed E-state index contributed by atoms with van der Waals surface area (Å²) in [6.45, 7) is 0.708. The summed E-state index contributed by atoms with van der Waals surface area (Å²) in [6.07, 6.45) is 0.798. The Hall–Kier alpha value is -3.50. The first kappa shape index (κ1) is 20.4. The Morgan fingerprint density at radius 1 is 0.875 bits per heavy atom. The molecule has 0 fully saturated rings. The first-order valence-corrected chi connectivity index (χ1v) is 10.8. The fourth-order valence-corrected chi connectivity index (χ4v) is 4.55. The highest BCUT2D eigenvalue weighted by molar-refractivity contribution is 6.30. The number of halogens is 1.